The van der Waals surface area contributed by atoms with Gasteiger partial charge in [-0.25, -0.2) is 0 Å². The fraction of sp³-hybridized carbons (Fsp3) is 0.444. The molecule has 1 aliphatic heterocycles. The summed E-state index contributed by atoms with van der Waals surface area (Å²) in [6, 6.07) is 3.64. The van der Waals surface area contributed by atoms with Crippen LogP contribution in [0.4, 0.5) is 0 Å². The summed E-state index contributed by atoms with van der Waals surface area (Å²) < 4.78 is 17.0. The van der Waals surface area contributed by atoms with Crippen molar-refractivity contribution in [3.63, 3.8) is 0 Å². The standard InChI is InChI=1S/C27H29NO11.3Fe/c1-10-22(31)13(28)6-17(38-10)39-15-8-27(36,16(30)9-29)7-12-19(15)26(35)21-20(24(12)33)23(32)11-4-3-5-14(37-2)18(11)25(21)34;;;/h3-5,10,13,15,17,22,29,31,33,35-36H,6-9,28H2,1-2H3;;;/t10-,13-,15-,17-,22+,27-;;;/m0.../s1. The van der Waals surface area contributed by atoms with Crippen molar-refractivity contribution in [2.24, 2.45) is 5.73 Å². The fourth-order valence-electron chi connectivity index (χ4n) is 5.75. The maximum atomic E-state index is 13.6. The Morgan fingerprint density at radius 2 is 1.74 bits per heavy atom. The van der Waals surface area contributed by atoms with Crippen LogP contribution in [-0.4, -0.2) is 86.7 Å². The Labute approximate surface area is 272 Å². The van der Waals surface area contributed by atoms with E-state index in [1.54, 1.807) is 6.92 Å². The first-order chi connectivity index (χ1) is 18.4. The molecule has 3 aliphatic rings. The molecule has 2 aromatic carbocycles. The molecule has 0 spiro atoms. The maximum absolute atomic E-state index is 13.6. The van der Waals surface area contributed by atoms with Gasteiger partial charge >= 0.3 is 0 Å². The number of aliphatic hydroxyl groups excluding tert-OH is 2. The van der Waals surface area contributed by atoms with Gasteiger partial charge in [-0.2, -0.15) is 0 Å². The summed E-state index contributed by atoms with van der Waals surface area (Å²) in [6.45, 7) is 0.560. The van der Waals surface area contributed by atoms with E-state index in [0.29, 0.717) is 0 Å². The van der Waals surface area contributed by atoms with Crippen molar-refractivity contribution in [1.82, 2.24) is 0 Å². The van der Waals surface area contributed by atoms with Gasteiger partial charge in [0.05, 0.1) is 42.1 Å². The van der Waals surface area contributed by atoms with Gasteiger partial charge in [-0.3, -0.25) is 14.4 Å². The molecular formula is C27H29Fe3NO11. The van der Waals surface area contributed by atoms with E-state index >= 15 is 0 Å². The number of Topliss-reactive ketones (excluding diaryl/α,β-unsaturated/α-hetero) is 1. The van der Waals surface area contributed by atoms with Crippen molar-refractivity contribution < 1.29 is 105 Å². The number of hydrogen-bond donors (Lipinski definition) is 6. The number of carbonyl (C=O) groups excluding carboxylic acids is 3. The van der Waals surface area contributed by atoms with Crippen molar-refractivity contribution in [3.8, 4) is 17.2 Å². The largest absolute Gasteiger partial charge is 0.507 e. The molecule has 42 heavy (non-hydrogen) atoms. The Bertz CT molecular complexity index is 1390. The first-order valence-electron chi connectivity index (χ1n) is 12.4. The van der Waals surface area contributed by atoms with E-state index in [9.17, 15) is 39.9 Å². The predicted molar refractivity (Wildman–Crippen MR) is 132 cm³/mol. The molecule has 15 heteroatoms. The monoisotopic (exact) mass is 711 g/mol. The molecule has 1 saturated heterocycles. The molecule has 0 aromatic heterocycles. The Kier molecular flexibility index (Phi) is 11.6. The number of hydrogen-bond acceptors (Lipinski definition) is 12. The van der Waals surface area contributed by atoms with Gasteiger partial charge in [0.2, 0.25) is 5.78 Å². The summed E-state index contributed by atoms with van der Waals surface area (Å²) in [5, 5.41) is 53.7. The van der Waals surface area contributed by atoms with Gasteiger partial charge in [0.15, 0.2) is 17.9 Å². The summed E-state index contributed by atoms with van der Waals surface area (Å²) in [6.07, 6.45) is -5.12. The van der Waals surface area contributed by atoms with Crippen molar-refractivity contribution in [1.29, 1.82) is 0 Å². The minimum Gasteiger partial charge on any atom is -0.507 e. The molecule has 6 atom stereocenters. The van der Waals surface area contributed by atoms with Crippen LogP contribution < -0.4 is 10.5 Å². The van der Waals surface area contributed by atoms with E-state index in [1.807, 2.05) is 0 Å². The van der Waals surface area contributed by atoms with Gasteiger partial charge in [-0.05, 0) is 13.0 Å². The molecule has 0 saturated carbocycles. The quantitative estimate of drug-likeness (QED) is 0.153. The summed E-state index contributed by atoms with van der Waals surface area (Å²) in [4.78, 5) is 39.7. The third kappa shape index (κ3) is 5.70. The van der Waals surface area contributed by atoms with Crippen molar-refractivity contribution in [2.75, 3.05) is 13.7 Å². The molecule has 0 amide bonds. The van der Waals surface area contributed by atoms with Gasteiger partial charge in [-0.1, -0.05) is 12.1 Å². The number of aliphatic hydroxyl groups is 3. The van der Waals surface area contributed by atoms with Crippen LogP contribution in [0.15, 0.2) is 18.2 Å². The zero-order chi connectivity index (χ0) is 28.4. The summed E-state index contributed by atoms with van der Waals surface area (Å²) >= 11 is 0. The minimum absolute atomic E-state index is 0. The number of ketones is 3. The minimum atomic E-state index is -2.24. The van der Waals surface area contributed by atoms with Crippen LogP contribution in [0.2, 0.25) is 0 Å². The maximum Gasteiger partial charge on any atom is 0.202 e. The number of rotatable bonds is 5. The zero-order valence-electron chi connectivity index (χ0n) is 22.3. The predicted octanol–water partition coefficient (Wildman–Crippen LogP) is -0.00620. The normalized spacial score (nSPS) is 27.7. The second-order valence-corrected chi connectivity index (χ2v) is 10.2. The summed E-state index contributed by atoms with van der Waals surface area (Å²) in [5.74, 6) is -3.77. The second-order valence-electron chi connectivity index (χ2n) is 10.2. The number of aromatic hydroxyl groups is 2. The van der Waals surface area contributed by atoms with Gasteiger partial charge in [0, 0.05) is 93.2 Å². The second kappa shape index (κ2) is 13.4. The topological polar surface area (TPSA) is 206 Å². The van der Waals surface area contributed by atoms with Crippen molar-refractivity contribution >= 4 is 17.3 Å². The van der Waals surface area contributed by atoms with E-state index in [4.69, 9.17) is 19.9 Å². The first kappa shape index (κ1) is 36.4. The van der Waals surface area contributed by atoms with Gasteiger partial charge in [0.25, 0.3) is 0 Å². The molecular weight excluding hydrogens is 682 g/mol. The molecule has 232 valence electrons. The number of phenolic OH excluding ortho intramolecular Hbond substituents is 2. The molecule has 1 fully saturated rings. The van der Waals surface area contributed by atoms with Gasteiger partial charge in [-0.15, -0.1) is 0 Å². The van der Waals surface area contributed by atoms with Crippen molar-refractivity contribution in [2.45, 2.75) is 62.4 Å². The van der Waals surface area contributed by atoms with Crippen LogP contribution in [-0.2, 0) is 71.9 Å². The molecule has 7 N–H and O–H groups in total. The molecule has 0 bridgehead atoms. The number of nitrogens with two attached hydrogens (primary N) is 1. The van der Waals surface area contributed by atoms with E-state index in [1.165, 1.54) is 25.3 Å². The molecule has 1 heterocycles. The number of benzene rings is 2. The Morgan fingerprint density at radius 1 is 1.10 bits per heavy atom. The van der Waals surface area contributed by atoms with E-state index in [-0.39, 0.29) is 85.6 Å². The summed E-state index contributed by atoms with van der Waals surface area (Å²) in [7, 11) is 1.32. The fourth-order valence-corrected chi connectivity index (χ4v) is 5.75. The Hall–Kier alpha value is -1.83. The van der Waals surface area contributed by atoms with Crippen LogP contribution in [0.3, 0.4) is 0 Å². The van der Waals surface area contributed by atoms with Crippen LogP contribution in [0.5, 0.6) is 17.2 Å². The third-order valence-corrected chi connectivity index (χ3v) is 7.81. The summed E-state index contributed by atoms with van der Waals surface area (Å²) in [5.41, 5.74) is 2.37. The number of carbonyl (C=O) groups is 3. The zero-order valence-corrected chi connectivity index (χ0v) is 25.6. The van der Waals surface area contributed by atoms with Crippen LogP contribution in [0.1, 0.15) is 68.8 Å². The number of methoxy groups -OCH3 is 1. The van der Waals surface area contributed by atoms with E-state index in [0.717, 1.165) is 0 Å². The molecule has 5 rings (SSSR count). The van der Waals surface area contributed by atoms with Gasteiger partial charge in [0.1, 0.15) is 29.5 Å². The number of ether oxygens (including phenoxy) is 3. The first-order valence-corrected chi connectivity index (χ1v) is 12.4. The molecule has 2 aliphatic carbocycles. The Morgan fingerprint density at radius 3 is 2.33 bits per heavy atom. The van der Waals surface area contributed by atoms with E-state index < -0.39 is 95.7 Å². The molecule has 0 radical (unpaired) electrons. The average molecular weight is 711 g/mol. The number of phenols is 2. The van der Waals surface area contributed by atoms with E-state index in [2.05, 4.69) is 0 Å². The third-order valence-electron chi connectivity index (χ3n) is 7.81. The van der Waals surface area contributed by atoms with Crippen LogP contribution >= 0.6 is 0 Å². The smallest absolute Gasteiger partial charge is 0.202 e. The van der Waals surface area contributed by atoms with Crippen LogP contribution in [0, 0.1) is 0 Å². The van der Waals surface area contributed by atoms with Crippen LogP contribution in [0.25, 0.3) is 0 Å². The molecule has 0 unspecified atom stereocenters. The molecule has 2 aromatic rings. The number of fused-ring (bicyclic) bond motifs is 3. The van der Waals surface area contributed by atoms with Crippen molar-refractivity contribution in [3.05, 3.63) is 51.6 Å². The SMILES string of the molecule is COc1cccc2c1C(=O)c1c(O)c3c(c(O)c1C2=O)C[C@@](O)(C(=O)CO)C[C@@H]3O[C@H]1C[C@H](N)[C@H](O)[C@H](C)O1.[Fe].[Fe].[Fe]. The Balaban J connectivity index is 0.00000205. The van der Waals surface area contributed by atoms with Gasteiger partial charge < -0.3 is 45.5 Å². The average Bonchev–Trinajstić information content (AvgIpc) is 2.90. The molecule has 12 nitrogen and oxygen atoms in total.